The van der Waals surface area contributed by atoms with Crippen LogP contribution in [0.5, 0.6) is 0 Å². The van der Waals surface area contributed by atoms with Crippen molar-refractivity contribution >= 4 is 17.7 Å². The lowest BCUT2D eigenvalue weighted by Crippen LogP contribution is -2.26. The van der Waals surface area contributed by atoms with E-state index < -0.39 is 39.5 Å². The predicted molar refractivity (Wildman–Crippen MR) is 58.4 cm³/mol. The third-order valence-electron chi connectivity index (χ3n) is 2.23. The summed E-state index contributed by atoms with van der Waals surface area (Å²) in [5.41, 5.74) is -1.27. The molecule has 0 aromatic heterocycles. The summed E-state index contributed by atoms with van der Waals surface area (Å²) in [7, 11) is 0. The Morgan fingerprint density at radius 3 is 2.06 bits per heavy atom. The van der Waals surface area contributed by atoms with Gasteiger partial charge < -0.3 is 5.11 Å². The zero-order valence-electron chi connectivity index (χ0n) is 9.56. The third-order valence-corrected chi connectivity index (χ3v) is 3.74. The Balaban J connectivity index is 3.02. The molecule has 0 unspecified atom stereocenters. The van der Waals surface area contributed by atoms with Crippen LogP contribution in [0.25, 0.3) is 0 Å². The smallest absolute Gasteiger partial charge is 0.309 e. The Kier molecular flexibility index (Phi) is 4.26. The van der Waals surface area contributed by atoms with Gasteiger partial charge >= 0.3 is 5.97 Å². The quantitative estimate of drug-likeness (QED) is 0.522. The zero-order valence-corrected chi connectivity index (χ0v) is 10.4. The lowest BCUT2D eigenvalue weighted by Gasteiger charge is -2.18. The Morgan fingerprint density at radius 1 is 1.22 bits per heavy atom. The number of carboxylic acids is 1. The van der Waals surface area contributed by atoms with Gasteiger partial charge in [-0.25, -0.2) is 17.6 Å². The topological polar surface area (TPSA) is 37.3 Å². The first-order chi connectivity index (χ1) is 8.16. The van der Waals surface area contributed by atoms with Crippen molar-refractivity contribution in [1.29, 1.82) is 0 Å². The molecule has 18 heavy (non-hydrogen) atoms. The molecule has 0 spiro atoms. The van der Waals surface area contributed by atoms with Crippen molar-refractivity contribution in [2.24, 2.45) is 5.41 Å². The van der Waals surface area contributed by atoms with Crippen molar-refractivity contribution < 1.29 is 27.5 Å². The Labute approximate surface area is 105 Å². The van der Waals surface area contributed by atoms with Gasteiger partial charge in [0.15, 0.2) is 23.3 Å². The molecule has 0 radical (unpaired) electrons. The van der Waals surface area contributed by atoms with E-state index >= 15 is 0 Å². The van der Waals surface area contributed by atoms with Crippen molar-refractivity contribution in [3.8, 4) is 0 Å². The lowest BCUT2D eigenvalue weighted by atomic mass is 9.97. The number of hydrogen-bond acceptors (Lipinski definition) is 2. The molecule has 1 N–H and O–H groups in total. The Morgan fingerprint density at radius 2 is 1.67 bits per heavy atom. The molecule has 0 saturated heterocycles. The van der Waals surface area contributed by atoms with Gasteiger partial charge in [0.2, 0.25) is 0 Å². The van der Waals surface area contributed by atoms with E-state index in [1.54, 1.807) is 0 Å². The van der Waals surface area contributed by atoms with Crippen LogP contribution in [0, 0.1) is 28.7 Å². The van der Waals surface area contributed by atoms with Crippen molar-refractivity contribution in [3.63, 3.8) is 0 Å². The highest BCUT2D eigenvalue weighted by molar-refractivity contribution is 7.99. The molecule has 0 fully saturated rings. The number of hydrogen-bond donors (Lipinski definition) is 1. The predicted octanol–water partition coefficient (Wildman–Crippen LogP) is 3.45. The zero-order chi connectivity index (χ0) is 14.1. The summed E-state index contributed by atoms with van der Waals surface area (Å²) in [5, 5.41) is 8.82. The average molecular weight is 282 g/mol. The van der Waals surface area contributed by atoms with Crippen molar-refractivity contribution in [1.82, 2.24) is 0 Å². The first-order valence-electron chi connectivity index (χ1n) is 4.86. The van der Waals surface area contributed by atoms with Crippen molar-refractivity contribution in [3.05, 3.63) is 29.3 Å². The molecule has 1 aromatic rings. The molecule has 0 saturated carbocycles. The van der Waals surface area contributed by atoms with Gasteiger partial charge in [-0.2, -0.15) is 0 Å². The highest BCUT2D eigenvalue weighted by atomic mass is 32.2. The molecular formula is C11H10F4O2S. The molecule has 0 amide bonds. The minimum atomic E-state index is -1.51. The van der Waals surface area contributed by atoms with E-state index in [-0.39, 0.29) is 11.8 Å². The first-order valence-corrected chi connectivity index (χ1v) is 5.84. The third kappa shape index (κ3) is 2.95. The van der Waals surface area contributed by atoms with E-state index in [0.717, 1.165) is 0 Å². The largest absolute Gasteiger partial charge is 0.481 e. The molecule has 0 aliphatic heterocycles. The molecule has 100 valence electrons. The summed E-state index contributed by atoms with van der Waals surface area (Å²) < 4.78 is 52.3. The number of benzene rings is 1. The number of halogens is 4. The second-order valence-electron chi connectivity index (χ2n) is 4.28. The molecule has 0 atom stereocenters. The number of aliphatic carboxylic acids is 1. The number of rotatable bonds is 4. The van der Waals surface area contributed by atoms with Gasteiger partial charge in [0, 0.05) is 11.8 Å². The van der Waals surface area contributed by atoms with Crippen molar-refractivity contribution in [2.75, 3.05) is 5.75 Å². The van der Waals surface area contributed by atoms with E-state index in [2.05, 4.69) is 0 Å². The highest BCUT2D eigenvalue weighted by Gasteiger charge is 2.29. The van der Waals surface area contributed by atoms with E-state index in [4.69, 9.17) is 5.11 Å². The summed E-state index contributed by atoms with van der Waals surface area (Å²) in [5.74, 6) is -7.44. The number of thioether (sulfide) groups is 1. The fourth-order valence-corrected chi connectivity index (χ4v) is 2.07. The van der Waals surface area contributed by atoms with Gasteiger partial charge in [0.1, 0.15) is 0 Å². The molecular weight excluding hydrogens is 272 g/mol. The van der Waals surface area contributed by atoms with Gasteiger partial charge in [-0.15, -0.1) is 11.8 Å². The molecule has 2 nitrogen and oxygen atoms in total. The normalized spacial score (nSPS) is 11.7. The molecule has 0 aliphatic rings. The molecule has 1 rings (SSSR count). The maximum absolute atomic E-state index is 13.3. The molecule has 0 bridgehead atoms. The monoisotopic (exact) mass is 282 g/mol. The minimum absolute atomic E-state index is 0.108. The van der Waals surface area contributed by atoms with Gasteiger partial charge in [-0.1, -0.05) is 0 Å². The van der Waals surface area contributed by atoms with Crippen LogP contribution in [-0.2, 0) is 4.79 Å². The van der Waals surface area contributed by atoms with Gasteiger partial charge in [0.25, 0.3) is 0 Å². The van der Waals surface area contributed by atoms with E-state index in [9.17, 15) is 22.4 Å². The summed E-state index contributed by atoms with van der Waals surface area (Å²) in [6, 6.07) is 0.108. The van der Waals surface area contributed by atoms with Crippen LogP contribution in [0.15, 0.2) is 11.0 Å². The Hall–Kier alpha value is -1.24. The minimum Gasteiger partial charge on any atom is -0.481 e. The van der Waals surface area contributed by atoms with Crippen LogP contribution >= 0.6 is 11.8 Å². The molecule has 7 heteroatoms. The molecule has 1 aromatic carbocycles. The Bertz CT molecular complexity index is 462. The summed E-state index contributed by atoms with van der Waals surface area (Å²) in [6.45, 7) is 2.68. The summed E-state index contributed by atoms with van der Waals surface area (Å²) >= 11 is 0.426. The number of carboxylic acid groups (broad SMARTS) is 1. The summed E-state index contributed by atoms with van der Waals surface area (Å²) in [6.07, 6.45) is 0. The van der Waals surface area contributed by atoms with Crippen LogP contribution in [-0.4, -0.2) is 16.8 Å². The SMILES string of the molecule is CC(C)(CSc1c(F)c(F)cc(F)c1F)C(=O)O. The van der Waals surface area contributed by atoms with E-state index in [1.807, 2.05) is 0 Å². The molecule has 0 heterocycles. The standard InChI is InChI=1S/C11H10F4O2S/c1-11(2,10(16)17)4-18-9-7(14)5(12)3-6(13)8(9)15/h3H,4H2,1-2H3,(H,16,17). The number of carbonyl (C=O) groups is 1. The second kappa shape index (κ2) is 5.17. The van der Waals surface area contributed by atoms with Gasteiger partial charge in [0.05, 0.1) is 10.3 Å². The maximum Gasteiger partial charge on any atom is 0.309 e. The van der Waals surface area contributed by atoms with Crippen molar-refractivity contribution in [2.45, 2.75) is 18.7 Å². The van der Waals surface area contributed by atoms with Crippen LogP contribution in [0.3, 0.4) is 0 Å². The maximum atomic E-state index is 13.3. The summed E-state index contributed by atoms with van der Waals surface area (Å²) in [4.78, 5) is 9.95. The van der Waals surface area contributed by atoms with E-state index in [1.165, 1.54) is 13.8 Å². The van der Waals surface area contributed by atoms with Gasteiger partial charge in [-0.3, -0.25) is 4.79 Å². The van der Waals surface area contributed by atoms with Crippen LogP contribution < -0.4 is 0 Å². The first kappa shape index (κ1) is 14.8. The van der Waals surface area contributed by atoms with Crippen LogP contribution in [0.1, 0.15) is 13.8 Å². The molecule has 0 aliphatic carbocycles. The van der Waals surface area contributed by atoms with E-state index in [0.29, 0.717) is 11.8 Å². The second-order valence-corrected chi connectivity index (χ2v) is 5.26. The lowest BCUT2D eigenvalue weighted by molar-refractivity contribution is -0.145. The fraction of sp³-hybridized carbons (Fsp3) is 0.364. The highest BCUT2D eigenvalue weighted by Crippen LogP contribution is 2.33. The van der Waals surface area contributed by atoms with Crippen LogP contribution in [0.2, 0.25) is 0 Å². The fourth-order valence-electron chi connectivity index (χ4n) is 0.992. The average Bonchev–Trinajstić information content (AvgIpc) is 2.26. The van der Waals surface area contributed by atoms with Crippen LogP contribution in [0.4, 0.5) is 17.6 Å². The van der Waals surface area contributed by atoms with Gasteiger partial charge in [-0.05, 0) is 13.8 Å².